The minimum atomic E-state index is 0.699. The van der Waals surface area contributed by atoms with Gasteiger partial charge in [0.25, 0.3) is 0 Å². The summed E-state index contributed by atoms with van der Waals surface area (Å²) in [4.78, 5) is 0. The van der Waals surface area contributed by atoms with Gasteiger partial charge in [-0.25, -0.2) is 0 Å². The summed E-state index contributed by atoms with van der Waals surface area (Å²) >= 11 is 0. The van der Waals surface area contributed by atoms with Crippen molar-refractivity contribution in [3.05, 3.63) is 29.5 Å². The van der Waals surface area contributed by atoms with Gasteiger partial charge in [0.1, 0.15) is 0 Å². The summed E-state index contributed by atoms with van der Waals surface area (Å²) < 4.78 is 1.91. The maximum absolute atomic E-state index is 5.53. The molecule has 0 radical (unpaired) electrons. The molecule has 2 rings (SSSR count). The van der Waals surface area contributed by atoms with Crippen LogP contribution in [0.5, 0.6) is 0 Å². The summed E-state index contributed by atoms with van der Waals surface area (Å²) in [5.74, 6) is 0. The topological polar surface area (TPSA) is 43.8 Å². The minimum Gasteiger partial charge on any atom is -0.330 e. The highest BCUT2D eigenvalue weighted by molar-refractivity contribution is 5.82. The first kappa shape index (κ1) is 9.21. The van der Waals surface area contributed by atoms with Gasteiger partial charge >= 0.3 is 0 Å². The van der Waals surface area contributed by atoms with Crippen molar-refractivity contribution in [1.29, 1.82) is 0 Å². The molecule has 3 nitrogen and oxygen atoms in total. The molecule has 0 spiro atoms. The monoisotopic (exact) mass is 189 g/mol. The fourth-order valence-electron chi connectivity index (χ4n) is 1.81. The molecule has 0 bridgehead atoms. The zero-order valence-corrected chi connectivity index (χ0v) is 8.62. The van der Waals surface area contributed by atoms with Crippen molar-refractivity contribution in [2.75, 3.05) is 6.54 Å². The van der Waals surface area contributed by atoms with Crippen molar-refractivity contribution in [3.8, 4) is 0 Å². The summed E-state index contributed by atoms with van der Waals surface area (Å²) in [7, 11) is 1.97. The number of rotatable bonds is 2. The smallest absolute Gasteiger partial charge is 0.0682 e. The van der Waals surface area contributed by atoms with E-state index in [-0.39, 0.29) is 0 Å². The van der Waals surface area contributed by atoms with E-state index in [4.69, 9.17) is 5.73 Å². The molecular formula is C11H15N3. The van der Waals surface area contributed by atoms with E-state index in [1.807, 2.05) is 18.7 Å². The summed E-state index contributed by atoms with van der Waals surface area (Å²) in [5.41, 5.74) is 9.08. The third-order valence-corrected chi connectivity index (χ3v) is 2.53. The van der Waals surface area contributed by atoms with Crippen LogP contribution in [-0.4, -0.2) is 16.3 Å². The normalized spacial score (nSPS) is 11.1. The molecule has 0 amide bonds. The van der Waals surface area contributed by atoms with Crippen molar-refractivity contribution in [2.24, 2.45) is 12.8 Å². The SMILES string of the molecule is Cc1nn(C)c2ccc(CCN)cc12. The highest BCUT2D eigenvalue weighted by atomic mass is 15.3. The first-order valence-electron chi connectivity index (χ1n) is 4.84. The van der Waals surface area contributed by atoms with Crippen LogP contribution in [0.2, 0.25) is 0 Å². The van der Waals surface area contributed by atoms with E-state index in [1.54, 1.807) is 0 Å². The number of hydrogen-bond donors (Lipinski definition) is 1. The number of fused-ring (bicyclic) bond motifs is 1. The third-order valence-electron chi connectivity index (χ3n) is 2.53. The lowest BCUT2D eigenvalue weighted by atomic mass is 10.1. The van der Waals surface area contributed by atoms with Crippen LogP contribution in [0.1, 0.15) is 11.3 Å². The molecule has 74 valence electrons. The van der Waals surface area contributed by atoms with Crippen LogP contribution in [0.4, 0.5) is 0 Å². The minimum absolute atomic E-state index is 0.699. The average molecular weight is 189 g/mol. The summed E-state index contributed by atoms with van der Waals surface area (Å²) in [5, 5.41) is 5.61. The molecule has 0 saturated carbocycles. The van der Waals surface area contributed by atoms with Crippen LogP contribution >= 0.6 is 0 Å². The van der Waals surface area contributed by atoms with E-state index in [0.29, 0.717) is 6.54 Å². The predicted octanol–water partition coefficient (Wildman–Crippen LogP) is 1.38. The second-order valence-electron chi connectivity index (χ2n) is 3.60. The maximum atomic E-state index is 5.53. The lowest BCUT2D eigenvalue weighted by molar-refractivity contribution is 0.783. The number of benzene rings is 1. The molecule has 0 fully saturated rings. The lowest BCUT2D eigenvalue weighted by Crippen LogP contribution is -2.02. The number of aryl methyl sites for hydroxylation is 2. The van der Waals surface area contributed by atoms with Gasteiger partial charge in [0, 0.05) is 12.4 Å². The predicted molar refractivity (Wildman–Crippen MR) is 58.2 cm³/mol. The zero-order valence-electron chi connectivity index (χ0n) is 8.62. The first-order chi connectivity index (χ1) is 6.72. The van der Waals surface area contributed by atoms with Crippen molar-refractivity contribution in [2.45, 2.75) is 13.3 Å². The molecule has 1 aromatic heterocycles. The molecular weight excluding hydrogens is 174 g/mol. The molecule has 0 aliphatic rings. The van der Waals surface area contributed by atoms with Crippen LogP contribution in [0.3, 0.4) is 0 Å². The Hall–Kier alpha value is -1.35. The molecule has 0 atom stereocenters. The van der Waals surface area contributed by atoms with Gasteiger partial charge in [-0.3, -0.25) is 4.68 Å². The zero-order chi connectivity index (χ0) is 10.1. The summed E-state index contributed by atoms with van der Waals surface area (Å²) in [6.45, 7) is 2.74. The van der Waals surface area contributed by atoms with E-state index in [0.717, 1.165) is 12.1 Å². The van der Waals surface area contributed by atoms with Crippen LogP contribution in [0.15, 0.2) is 18.2 Å². The fraction of sp³-hybridized carbons (Fsp3) is 0.364. The van der Waals surface area contributed by atoms with E-state index in [9.17, 15) is 0 Å². The van der Waals surface area contributed by atoms with Crippen molar-refractivity contribution >= 4 is 10.9 Å². The second kappa shape index (κ2) is 3.42. The van der Waals surface area contributed by atoms with Crippen LogP contribution in [0.25, 0.3) is 10.9 Å². The van der Waals surface area contributed by atoms with Gasteiger partial charge in [-0.05, 0) is 37.6 Å². The van der Waals surface area contributed by atoms with Crippen molar-refractivity contribution in [1.82, 2.24) is 9.78 Å². The van der Waals surface area contributed by atoms with E-state index < -0.39 is 0 Å². The van der Waals surface area contributed by atoms with E-state index >= 15 is 0 Å². The van der Waals surface area contributed by atoms with Gasteiger partial charge in [-0.15, -0.1) is 0 Å². The number of nitrogens with two attached hydrogens (primary N) is 1. The Morgan fingerprint density at radius 1 is 1.43 bits per heavy atom. The van der Waals surface area contributed by atoms with Crippen LogP contribution in [-0.2, 0) is 13.5 Å². The highest BCUT2D eigenvalue weighted by Gasteiger charge is 2.04. The van der Waals surface area contributed by atoms with Gasteiger partial charge in [0.2, 0.25) is 0 Å². The van der Waals surface area contributed by atoms with Gasteiger partial charge in [-0.2, -0.15) is 5.10 Å². The van der Waals surface area contributed by atoms with E-state index in [1.165, 1.54) is 16.5 Å². The molecule has 0 aliphatic heterocycles. The van der Waals surface area contributed by atoms with Gasteiger partial charge in [0.15, 0.2) is 0 Å². The Morgan fingerprint density at radius 3 is 2.93 bits per heavy atom. The van der Waals surface area contributed by atoms with Crippen LogP contribution in [0, 0.1) is 6.92 Å². The standard InChI is InChI=1S/C11H15N3/c1-8-10-7-9(5-6-12)3-4-11(10)14(2)13-8/h3-4,7H,5-6,12H2,1-2H3. The Morgan fingerprint density at radius 2 is 2.21 bits per heavy atom. The Balaban J connectivity index is 2.59. The first-order valence-corrected chi connectivity index (χ1v) is 4.84. The van der Waals surface area contributed by atoms with Gasteiger partial charge in [-0.1, -0.05) is 6.07 Å². The summed E-state index contributed by atoms with van der Waals surface area (Å²) in [6.07, 6.45) is 0.935. The molecule has 1 heterocycles. The average Bonchev–Trinajstić information content (AvgIpc) is 2.43. The Labute approximate surface area is 83.5 Å². The molecule has 0 unspecified atom stereocenters. The van der Waals surface area contributed by atoms with Crippen molar-refractivity contribution in [3.63, 3.8) is 0 Å². The molecule has 0 saturated heterocycles. The Bertz CT molecular complexity index is 457. The quantitative estimate of drug-likeness (QED) is 0.775. The van der Waals surface area contributed by atoms with Crippen molar-refractivity contribution < 1.29 is 0 Å². The molecule has 2 aromatic rings. The van der Waals surface area contributed by atoms with Crippen LogP contribution < -0.4 is 5.73 Å². The third kappa shape index (κ3) is 1.40. The largest absolute Gasteiger partial charge is 0.330 e. The molecule has 1 aromatic carbocycles. The fourth-order valence-corrected chi connectivity index (χ4v) is 1.81. The molecule has 0 aliphatic carbocycles. The molecule has 3 heteroatoms. The lowest BCUT2D eigenvalue weighted by Gasteiger charge is -1.99. The van der Waals surface area contributed by atoms with Gasteiger partial charge < -0.3 is 5.73 Å². The second-order valence-corrected chi connectivity index (χ2v) is 3.60. The molecule has 14 heavy (non-hydrogen) atoms. The molecule has 2 N–H and O–H groups in total. The number of nitrogens with zero attached hydrogens (tertiary/aromatic N) is 2. The van der Waals surface area contributed by atoms with E-state index in [2.05, 4.69) is 23.3 Å². The maximum Gasteiger partial charge on any atom is 0.0682 e. The number of hydrogen-bond acceptors (Lipinski definition) is 2. The number of aromatic nitrogens is 2. The highest BCUT2D eigenvalue weighted by Crippen LogP contribution is 2.18. The van der Waals surface area contributed by atoms with Gasteiger partial charge in [0.05, 0.1) is 11.2 Å². The Kier molecular flexibility index (Phi) is 2.25. The summed E-state index contributed by atoms with van der Waals surface area (Å²) in [6, 6.07) is 6.42.